The van der Waals surface area contributed by atoms with Crippen molar-refractivity contribution in [2.45, 2.75) is 12.4 Å². The molecular weight excluding hydrogens is 213 g/mol. The van der Waals surface area contributed by atoms with Crippen LogP contribution in [0.5, 0.6) is 0 Å². The highest BCUT2D eigenvalue weighted by Crippen LogP contribution is 2.27. The van der Waals surface area contributed by atoms with E-state index < -0.39 is 12.4 Å². The molecule has 0 fully saturated rings. The van der Waals surface area contributed by atoms with Crippen LogP contribution in [-0.2, 0) is 4.74 Å². The van der Waals surface area contributed by atoms with Crippen LogP contribution >= 0.6 is 0 Å². The van der Waals surface area contributed by atoms with Gasteiger partial charge in [0, 0.05) is 0 Å². The Morgan fingerprint density at radius 1 is 1.38 bits per heavy atom. The molecule has 2 atom stereocenters. The normalized spacial score (nSPS) is 23.8. The van der Waals surface area contributed by atoms with E-state index in [2.05, 4.69) is 15.0 Å². The fraction of sp³-hybridized carbons (Fsp3) is 0.222. The third-order valence-corrected chi connectivity index (χ3v) is 2.41. The van der Waals surface area contributed by atoms with Gasteiger partial charge in [-0.1, -0.05) is 0 Å². The number of hydrogen-bond donors (Lipinski definition) is 1. The summed E-state index contributed by atoms with van der Waals surface area (Å²) >= 11 is 0. The van der Waals surface area contributed by atoms with Crippen molar-refractivity contribution in [2.75, 3.05) is 5.73 Å². The molecule has 2 N–H and O–H groups in total. The lowest BCUT2D eigenvalue weighted by atomic mass is 10.3. The molecular formula is C9H8FN5O. The van der Waals surface area contributed by atoms with Crippen molar-refractivity contribution in [3.8, 4) is 0 Å². The molecule has 1 aliphatic rings. The van der Waals surface area contributed by atoms with Crippen LogP contribution in [0.25, 0.3) is 11.2 Å². The number of rotatable bonds is 1. The molecule has 0 bridgehead atoms. The summed E-state index contributed by atoms with van der Waals surface area (Å²) in [6, 6.07) is 0. The van der Waals surface area contributed by atoms with E-state index in [9.17, 15) is 4.39 Å². The molecule has 0 saturated carbocycles. The summed E-state index contributed by atoms with van der Waals surface area (Å²) in [7, 11) is 0. The molecule has 2 aromatic rings. The molecule has 3 heterocycles. The van der Waals surface area contributed by atoms with Gasteiger partial charge in [0.2, 0.25) is 6.23 Å². The molecule has 1 aliphatic heterocycles. The van der Waals surface area contributed by atoms with Gasteiger partial charge in [-0.15, -0.1) is 0 Å². The molecule has 0 saturated heterocycles. The van der Waals surface area contributed by atoms with E-state index in [1.807, 2.05) is 0 Å². The van der Waals surface area contributed by atoms with E-state index in [1.54, 1.807) is 0 Å². The Balaban J connectivity index is 2.15. The molecule has 16 heavy (non-hydrogen) atoms. The van der Waals surface area contributed by atoms with Crippen LogP contribution < -0.4 is 5.73 Å². The summed E-state index contributed by atoms with van der Waals surface area (Å²) in [5.74, 6) is 0.269. The van der Waals surface area contributed by atoms with Crippen molar-refractivity contribution in [1.82, 2.24) is 19.5 Å². The Kier molecular flexibility index (Phi) is 1.79. The Morgan fingerprint density at radius 2 is 2.25 bits per heavy atom. The van der Waals surface area contributed by atoms with E-state index in [-0.39, 0.29) is 5.82 Å². The highest BCUT2D eigenvalue weighted by atomic mass is 19.1. The largest absolute Gasteiger partial charge is 0.474 e. The highest BCUT2D eigenvalue weighted by molar-refractivity contribution is 5.81. The van der Waals surface area contributed by atoms with Gasteiger partial charge in [0.1, 0.15) is 18.2 Å². The summed E-state index contributed by atoms with van der Waals surface area (Å²) in [5.41, 5.74) is 6.54. The smallest absolute Gasteiger partial charge is 0.212 e. The first-order valence-corrected chi connectivity index (χ1v) is 4.66. The number of alkyl halides is 1. The highest BCUT2D eigenvalue weighted by Gasteiger charge is 2.28. The maximum absolute atomic E-state index is 13.4. The lowest BCUT2D eigenvalue weighted by Gasteiger charge is -2.14. The Morgan fingerprint density at radius 3 is 3.00 bits per heavy atom. The molecule has 3 rings (SSSR count). The number of imidazole rings is 1. The maximum atomic E-state index is 13.4. The number of nitrogens with zero attached hydrogens (tertiary/aromatic N) is 4. The number of anilines is 1. The van der Waals surface area contributed by atoms with Gasteiger partial charge in [0.25, 0.3) is 0 Å². The summed E-state index contributed by atoms with van der Waals surface area (Å²) in [5, 5.41) is 0. The zero-order chi connectivity index (χ0) is 11.1. The van der Waals surface area contributed by atoms with Gasteiger partial charge in [-0.2, -0.15) is 0 Å². The fourth-order valence-corrected chi connectivity index (χ4v) is 1.65. The Hall–Kier alpha value is -2.18. The third-order valence-electron chi connectivity index (χ3n) is 2.41. The summed E-state index contributed by atoms with van der Waals surface area (Å²) in [4.78, 5) is 11.9. The number of halogens is 1. The van der Waals surface area contributed by atoms with Gasteiger partial charge in [-0.25, -0.2) is 19.3 Å². The Labute approximate surface area is 89.6 Å². The van der Waals surface area contributed by atoms with Crippen LogP contribution in [-0.4, -0.2) is 25.7 Å². The zero-order valence-corrected chi connectivity index (χ0v) is 8.12. The van der Waals surface area contributed by atoms with Crippen molar-refractivity contribution in [2.24, 2.45) is 0 Å². The fourth-order valence-electron chi connectivity index (χ4n) is 1.65. The van der Waals surface area contributed by atoms with Crippen LogP contribution in [0.2, 0.25) is 0 Å². The minimum absolute atomic E-state index is 0.269. The van der Waals surface area contributed by atoms with Gasteiger partial charge in [0.15, 0.2) is 17.6 Å². The molecule has 0 amide bonds. The van der Waals surface area contributed by atoms with Gasteiger partial charge in [-0.3, -0.25) is 4.57 Å². The van der Waals surface area contributed by atoms with Crippen molar-refractivity contribution >= 4 is 17.0 Å². The predicted octanol–water partition coefficient (Wildman–Crippen LogP) is 0.789. The SMILES string of the molecule is Nc1ncnc2c1ncn2C1OC=C[C@@H]1F. The van der Waals surface area contributed by atoms with Gasteiger partial charge < -0.3 is 10.5 Å². The Bertz CT molecular complexity index is 566. The second-order valence-electron chi connectivity index (χ2n) is 3.38. The van der Waals surface area contributed by atoms with Crippen molar-refractivity contribution in [3.63, 3.8) is 0 Å². The van der Waals surface area contributed by atoms with Crippen LogP contribution in [0, 0.1) is 0 Å². The summed E-state index contributed by atoms with van der Waals surface area (Å²) in [6.45, 7) is 0. The maximum Gasteiger partial charge on any atom is 0.212 e. The summed E-state index contributed by atoms with van der Waals surface area (Å²) < 4.78 is 20.1. The minimum atomic E-state index is -1.21. The first kappa shape index (κ1) is 9.08. The zero-order valence-electron chi connectivity index (χ0n) is 8.12. The average molecular weight is 221 g/mol. The number of ether oxygens (including phenoxy) is 1. The number of nitrogen functional groups attached to an aromatic ring is 1. The first-order valence-electron chi connectivity index (χ1n) is 4.66. The molecule has 7 heteroatoms. The molecule has 0 radical (unpaired) electrons. The van der Waals surface area contributed by atoms with Crippen molar-refractivity contribution in [1.29, 1.82) is 0 Å². The van der Waals surface area contributed by atoms with E-state index in [4.69, 9.17) is 10.5 Å². The van der Waals surface area contributed by atoms with Crippen LogP contribution in [0.4, 0.5) is 10.2 Å². The number of fused-ring (bicyclic) bond motifs is 1. The quantitative estimate of drug-likeness (QED) is 0.770. The molecule has 1 unspecified atom stereocenters. The van der Waals surface area contributed by atoms with Crippen LogP contribution in [0.1, 0.15) is 6.23 Å². The van der Waals surface area contributed by atoms with E-state index in [0.717, 1.165) is 0 Å². The third kappa shape index (κ3) is 1.14. The monoisotopic (exact) mass is 221 g/mol. The summed E-state index contributed by atoms with van der Waals surface area (Å²) in [6.07, 6.45) is 3.44. The lowest BCUT2D eigenvalue weighted by molar-refractivity contribution is 0.0541. The van der Waals surface area contributed by atoms with E-state index in [0.29, 0.717) is 11.2 Å². The number of hydrogen-bond acceptors (Lipinski definition) is 5. The second kappa shape index (κ2) is 3.16. The number of aromatic nitrogens is 4. The van der Waals surface area contributed by atoms with Gasteiger partial charge in [-0.05, 0) is 6.08 Å². The van der Waals surface area contributed by atoms with Gasteiger partial charge >= 0.3 is 0 Å². The van der Waals surface area contributed by atoms with Crippen LogP contribution in [0.15, 0.2) is 25.0 Å². The van der Waals surface area contributed by atoms with Gasteiger partial charge in [0.05, 0.1) is 6.26 Å². The standard InChI is InChI=1S/C9H8FN5O/c10-5-1-2-16-9(5)15-4-14-6-7(11)12-3-13-8(6)15/h1-5,9H,(H2,11,12,13)/t5-,9?/m0/s1. The molecule has 0 aliphatic carbocycles. The topological polar surface area (TPSA) is 78.9 Å². The molecule has 2 aromatic heterocycles. The van der Waals surface area contributed by atoms with Crippen LogP contribution in [0.3, 0.4) is 0 Å². The molecule has 0 spiro atoms. The second-order valence-corrected chi connectivity index (χ2v) is 3.38. The van der Waals surface area contributed by atoms with Crippen molar-refractivity contribution < 1.29 is 9.13 Å². The minimum Gasteiger partial charge on any atom is -0.474 e. The van der Waals surface area contributed by atoms with Crippen molar-refractivity contribution in [3.05, 3.63) is 25.0 Å². The molecule has 82 valence electrons. The molecule has 0 aromatic carbocycles. The average Bonchev–Trinajstić information content (AvgIpc) is 2.84. The first-order chi connectivity index (χ1) is 7.77. The van der Waals surface area contributed by atoms with E-state index in [1.165, 1.54) is 29.6 Å². The lowest BCUT2D eigenvalue weighted by Crippen LogP contribution is -2.16. The predicted molar refractivity (Wildman–Crippen MR) is 53.9 cm³/mol. The molecule has 6 nitrogen and oxygen atoms in total. The number of nitrogens with two attached hydrogens (primary N) is 1. The van der Waals surface area contributed by atoms with E-state index >= 15 is 0 Å².